The van der Waals surface area contributed by atoms with Crippen LogP contribution in [0.1, 0.15) is 6.42 Å². The van der Waals surface area contributed by atoms with Gasteiger partial charge in [0.1, 0.15) is 5.82 Å². The van der Waals surface area contributed by atoms with Crippen molar-refractivity contribution in [3.63, 3.8) is 0 Å². The van der Waals surface area contributed by atoms with Gasteiger partial charge in [-0.25, -0.2) is 4.39 Å². The van der Waals surface area contributed by atoms with Gasteiger partial charge in [0.2, 0.25) is 5.91 Å². The number of amides is 1. The molecule has 1 amide bonds. The van der Waals surface area contributed by atoms with E-state index in [1.54, 1.807) is 12.1 Å². The van der Waals surface area contributed by atoms with Crippen molar-refractivity contribution in [1.82, 2.24) is 15.1 Å². The van der Waals surface area contributed by atoms with E-state index < -0.39 is 0 Å². The largest absolute Gasteiger partial charge is 0.379 e. The average molecular weight is 364 g/mol. The van der Waals surface area contributed by atoms with Crippen LogP contribution in [0.4, 0.5) is 10.1 Å². The van der Waals surface area contributed by atoms with E-state index in [9.17, 15) is 9.18 Å². The number of nitrogens with zero attached hydrogens (tertiary/aromatic N) is 3. The lowest BCUT2D eigenvalue weighted by atomic mass is 10.2. The summed E-state index contributed by atoms with van der Waals surface area (Å²) < 4.78 is 18.3. The molecule has 2 heterocycles. The van der Waals surface area contributed by atoms with Gasteiger partial charge in [-0.15, -0.1) is 0 Å². The summed E-state index contributed by atoms with van der Waals surface area (Å²) in [7, 11) is 0. The molecule has 0 aromatic heterocycles. The SMILES string of the molecule is O=C(CCNCCN1CCOCC1)N1CCN(c2ccc(F)cc2)CC1. The number of carbonyl (C=O) groups is 1. The van der Waals surface area contributed by atoms with E-state index in [0.717, 1.165) is 77.8 Å². The van der Waals surface area contributed by atoms with Crippen LogP contribution >= 0.6 is 0 Å². The fourth-order valence-corrected chi connectivity index (χ4v) is 3.41. The maximum Gasteiger partial charge on any atom is 0.223 e. The Labute approximate surface area is 154 Å². The molecule has 2 fully saturated rings. The number of benzene rings is 1. The second-order valence-electron chi connectivity index (χ2n) is 6.80. The molecule has 2 saturated heterocycles. The van der Waals surface area contributed by atoms with Crippen LogP contribution in [-0.2, 0) is 9.53 Å². The first-order valence-corrected chi connectivity index (χ1v) is 9.51. The van der Waals surface area contributed by atoms with Crippen LogP contribution in [0.3, 0.4) is 0 Å². The Bertz CT molecular complexity index is 555. The van der Waals surface area contributed by atoms with Crippen LogP contribution in [-0.4, -0.2) is 87.8 Å². The lowest BCUT2D eigenvalue weighted by Gasteiger charge is -2.36. The molecule has 2 aliphatic rings. The smallest absolute Gasteiger partial charge is 0.223 e. The van der Waals surface area contributed by atoms with Crippen molar-refractivity contribution in [1.29, 1.82) is 0 Å². The molecule has 0 unspecified atom stereocenters. The minimum atomic E-state index is -0.219. The van der Waals surface area contributed by atoms with Crippen molar-refractivity contribution < 1.29 is 13.9 Å². The number of nitrogens with one attached hydrogen (secondary N) is 1. The monoisotopic (exact) mass is 364 g/mol. The standard InChI is InChI=1S/C19H29FN4O2/c20-17-1-3-18(4-2-17)23-9-11-24(12-10-23)19(25)5-6-21-7-8-22-13-15-26-16-14-22/h1-4,21H,5-16H2. The zero-order chi connectivity index (χ0) is 18.2. The average Bonchev–Trinajstić information content (AvgIpc) is 2.69. The molecule has 0 spiro atoms. The number of carbonyl (C=O) groups excluding carboxylic acids is 1. The third-order valence-corrected chi connectivity index (χ3v) is 5.05. The van der Waals surface area contributed by atoms with Crippen LogP contribution < -0.4 is 10.2 Å². The predicted molar refractivity (Wildman–Crippen MR) is 99.9 cm³/mol. The third kappa shape index (κ3) is 5.65. The normalized spacial score (nSPS) is 19.0. The number of ether oxygens (including phenoxy) is 1. The Morgan fingerprint density at radius 1 is 1.00 bits per heavy atom. The van der Waals surface area contributed by atoms with E-state index in [-0.39, 0.29) is 11.7 Å². The van der Waals surface area contributed by atoms with Gasteiger partial charge in [-0.3, -0.25) is 9.69 Å². The lowest BCUT2D eigenvalue weighted by molar-refractivity contribution is -0.131. The van der Waals surface area contributed by atoms with Crippen LogP contribution in [0.2, 0.25) is 0 Å². The summed E-state index contributed by atoms with van der Waals surface area (Å²) in [5.74, 6) is -0.00804. The van der Waals surface area contributed by atoms with Crippen molar-refractivity contribution in [2.75, 3.05) is 77.0 Å². The van der Waals surface area contributed by atoms with Gasteiger partial charge in [-0.2, -0.15) is 0 Å². The number of rotatable bonds is 7. The minimum Gasteiger partial charge on any atom is -0.379 e. The van der Waals surface area contributed by atoms with E-state index in [2.05, 4.69) is 15.1 Å². The number of anilines is 1. The Morgan fingerprint density at radius 3 is 2.38 bits per heavy atom. The molecule has 26 heavy (non-hydrogen) atoms. The van der Waals surface area contributed by atoms with E-state index >= 15 is 0 Å². The summed E-state index contributed by atoms with van der Waals surface area (Å²) in [5, 5.41) is 3.37. The fraction of sp³-hybridized carbons (Fsp3) is 0.632. The van der Waals surface area contributed by atoms with Gasteiger partial charge >= 0.3 is 0 Å². The van der Waals surface area contributed by atoms with Gasteiger partial charge in [0.05, 0.1) is 13.2 Å². The Hall–Kier alpha value is -1.70. The highest BCUT2D eigenvalue weighted by Crippen LogP contribution is 2.17. The first-order chi connectivity index (χ1) is 12.7. The topological polar surface area (TPSA) is 48.1 Å². The summed E-state index contributed by atoms with van der Waals surface area (Å²) >= 11 is 0. The first-order valence-electron chi connectivity index (χ1n) is 9.51. The van der Waals surface area contributed by atoms with Crippen LogP contribution in [0.15, 0.2) is 24.3 Å². The van der Waals surface area contributed by atoms with Crippen LogP contribution in [0.5, 0.6) is 0 Å². The van der Waals surface area contributed by atoms with Gasteiger partial charge in [0.15, 0.2) is 0 Å². The quantitative estimate of drug-likeness (QED) is 0.725. The molecular weight excluding hydrogens is 335 g/mol. The fourth-order valence-electron chi connectivity index (χ4n) is 3.41. The summed E-state index contributed by atoms with van der Waals surface area (Å²) in [5.41, 5.74) is 1.02. The second kappa shape index (κ2) is 9.85. The lowest BCUT2D eigenvalue weighted by Crippen LogP contribution is -2.49. The van der Waals surface area contributed by atoms with E-state index in [0.29, 0.717) is 6.42 Å². The van der Waals surface area contributed by atoms with E-state index in [1.807, 2.05) is 4.90 Å². The van der Waals surface area contributed by atoms with Crippen LogP contribution in [0.25, 0.3) is 0 Å². The van der Waals surface area contributed by atoms with Crippen molar-refractivity contribution in [3.05, 3.63) is 30.1 Å². The molecule has 0 radical (unpaired) electrons. The highest BCUT2D eigenvalue weighted by molar-refractivity contribution is 5.76. The first kappa shape index (κ1) is 19.1. The third-order valence-electron chi connectivity index (χ3n) is 5.05. The predicted octanol–water partition coefficient (Wildman–Crippen LogP) is 0.786. The van der Waals surface area contributed by atoms with Gasteiger partial charge < -0.3 is 19.9 Å². The highest BCUT2D eigenvalue weighted by Gasteiger charge is 2.21. The Balaban J connectivity index is 1.29. The molecule has 0 atom stereocenters. The summed E-state index contributed by atoms with van der Waals surface area (Å²) in [6.07, 6.45) is 0.541. The number of piperazine rings is 1. The molecule has 0 bridgehead atoms. The maximum absolute atomic E-state index is 13.0. The molecule has 3 rings (SSSR count). The minimum absolute atomic E-state index is 0.211. The van der Waals surface area contributed by atoms with E-state index in [4.69, 9.17) is 4.74 Å². The molecule has 7 heteroatoms. The summed E-state index contributed by atoms with van der Waals surface area (Å²) in [6.45, 7) is 9.32. The van der Waals surface area contributed by atoms with Gasteiger partial charge in [0.25, 0.3) is 0 Å². The zero-order valence-electron chi connectivity index (χ0n) is 15.3. The zero-order valence-corrected chi connectivity index (χ0v) is 15.3. The van der Waals surface area contributed by atoms with Crippen molar-refractivity contribution >= 4 is 11.6 Å². The molecule has 144 valence electrons. The molecule has 1 aromatic rings. The van der Waals surface area contributed by atoms with Gasteiger partial charge in [-0.05, 0) is 24.3 Å². The van der Waals surface area contributed by atoms with E-state index in [1.165, 1.54) is 12.1 Å². The maximum atomic E-state index is 13.0. The Morgan fingerprint density at radius 2 is 1.69 bits per heavy atom. The number of hydrogen-bond acceptors (Lipinski definition) is 5. The molecule has 0 saturated carbocycles. The van der Waals surface area contributed by atoms with Crippen molar-refractivity contribution in [3.8, 4) is 0 Å². The molecule has 1 aromatic carbocycles. The molecular formula is C19H29FN4O2. The summed E-state index contributed by atoms with van der Waals surface area (Å²) in [6, 6.07) is 6.56. The van der Waals surface area contributed by atoms with Crippen LogP contribution in [0, 0.1) is 5.82 Å². The van der Waals surface area contributed by atoms with Crippen molar-refractivity contribution in [2.45, 2.75) is 6.42 Å². The van der Waals surface area contributed by atoms with Crippen molar-refractivity contribution in [2.24, 2.45) is 0 Å². The molecule has 0 aliphatic carbocycles. The number of morpholine rings is 1. The highest BCUT2D eigenvalue weighted by atomic mass is 19.1. The molecule has 2 aliphatic heterocycles. The second-order valence-corrected chi connectivity index (χ2v) is 6.80. The van der Waals surface area contributed by atoms with Gasteiger partial charge in [0, 0.05) is 71.0 Å². The Kier molecular flexibility index (Phi) is 7.22. The number of halogens is 1. The summed E-state index contributed by atoms with van der Waals surface area (Å²) in [4.78, 5) is 18.9. The number of hydrogen-bond donors (Lipinski definition) is 1. The van der Waals surface area contributed by atoms with Gasteiger partial charge in [-0.1, -0.05) is 0 Å². The molecule has 1 N–H and O–H groups in total. The molecule has 6 nitrogen and oxygen atoms in total.